The Morgan fingerprint density at radius 1 is 0.672 bits per heavy atom. The van der Waals surface area contributed by atoms with Gasteiger partial charge in [-0.2, -0.15) is 26.3 Å². The zero-order chi connectivity index (χ0) is 47.0. The van der Waals surface area contributed by atoms with Crippen LogP contribution in [0.4, 0.5) is 26.3 Å². The summed E-state index contributed by atoms with van der Waals surface area (Å²) in [6.45, 7) is 15.6. The van der Waals surface area contributed by atoms with Crippen molar-refractivity contribution in [1.29, 1.82) is 0 Å². The molecule has 64 heavy (non-hydrogen) atoms. The molecule has 2 heterocycles. The third-order valence-corrected chi connectivity index (χ3v) is 13.9. The molecule has 2 atom stereocenters. The number of benzene rings is 4. The monoisotopic (exact) mass is 922 g/mol. The second kappa shape index (κ2) is 18.9. The van der Waals surface area contributed by atoms with Crippen LogP contribution in [-0.4, -0.2) is 34.0 Å². The summed E-state index contributed by atoms with van der Waals surface area (Å²) in [6, 6.07) is 17.3. The lowest BCUT2D eigenvalue weighted by Gasteiger charge is -2.26. The second-order valence-electron chi connectivity index (χ2n) is 16.8. The summed E-state index contributed by atoms with van der Waals surface area (Å²) in [5, 5.41) is 21.9. The first kappa shape index (κ1) is 48.0. The smallest absolute Gasteiger partial charge is 0.416 e. The number of Topliss-reactive ketones (excluding diaryl/α,β-unsaturated/α-hetero) is 1. The summed E-state index contributed by atoms with van der Waals surface area (Å²) in [4.78, 5) is 40.3. The maximum absolute atomic E-state index is 13.5. The SMILES string of the molecule is C=C(CCc1sc2cc(C(F)(F)F)ccc2c1C(C)C)c1ccc(C(CC(=O)O)C(Oc2ccc(C(=O)CCc3sc4cc(C(F)(F)F)ccc4c3C(C)C)cc2C)C(=O)O)c(C)c1. The average Bonchev–Trinajstić information content (AvgIpc) is 3.77. The molecule has 6 nitrogen and oxygen atoms in total. The summed E-state index contributed by atoms with van der Waals surface area (Å²) >= 11 is 2.58. The molecule has 6 rings (SSSR count). The van der Waals surface area contributed by atoms with Gasteiger partial charge in [0, 0.05) is 37.1 Å². The summed E-state index contributed by atoms with van der Waals surface area (Å²) in [5.41, 5.74) is 3.80. The number of ketones is 1. The highest BCUT2D eigenvalue weighted by molar-refractivity contribution is 7.19. The van der Waals surface area contributed by atoms with Crippen molar-refractivity contribution in [2.45, 2.75) is 110 Å². The molecule has 2 unspecified atom stereocenters. The number of rotatable bonds is 17. The second-order valence-corrected chi connectivity index (χ2v) is 19.0. The van der Waals surface area contributed by atoms with E-state index in [1.807, 2.05) is 33.8 Å². The van der Waals surface area contributed by atoms with Crippen molar-refractivity contribution in [3.05, 3.63) is 139 Å². The van der Waals surface area contributed by atoms with Crippen molar-refractivity contribution < 1.29 is 55.7 Å². The number of halogens is 6. The van der Waals surface area contributed by atoms with Gasteiger partial charge in [0.2, 0.25) is 6.10 Å². The molecular formula is C50H48F6O6S2. The van der Waals surface area contributed by atoms with Crippen LogP contribution in [0.25, 0.3) is 25.7 Å². The van der Waals surface area contributed by atoms with E-state index in [0.29, 0.717) is 50.9 Å². The minimum absolute atomic E-state index is 0.00927. The molecule has 0 aliphatic rings. The van der Waals surface area contributed by atoms with Gasteiger partial charge in [0.05, 0.1) is 17.5 Å². The van der Waals surface area contributed by atoms with Crippen molar-refractivity contribution >= 4 is 66.1 Å². The lowest BCUT2D eigenvalue weighted by Crippen LogP contribution is -2.35. The molecular weight excluding hydrogens is 875 g/mol. The van der Waals surface area contributed by atoms with Crippen LogP contribution in [0.5, 0.6) is 5.75 Å². The third kappa shape index (κ3) is 10.6. The Labute approximate surface area is 375 Å². The number of carbonyl (C=O) groups excluding carboxylic acids is 1. The summed E-state index contributed by atoms with van der Waals surface area (Å²) in [6.07, 6.45) is -9.72. The van der Waals surface area contributed by atoms with Crippen molar-refractivity contribution in [3.63, 3.8) is 0 Å². The van der Waals surface area contributed by atoms with Gasteiger partial charge in [0.25, 0.3) is 0 Å². The van der Waals surface area contributed by atoms with Gasteiger partial charge >= 0.3 is 24.3 Å². The number of carboxylic acids is 2. The van der Waals surface area contributed by atoms with Crippen LogP contribution >= 0.6 is 22.7 Å². The number of carboxylic acid groups (broad SMARTS) is 2. The summed E-state index contributed by atoms with van der Waals surface area (Å²) in [5.74, 6) is -3.76. The zero-order valence-corrected chi connectivity index (χ0v) is 37.7. The lowest BCUT2D eigenvalue weighted by atomic mass is 9.85. The molecule has 4 aromatic carbocycles. The largest absolute Gasteiger partial charge is 0.481 e. The van der Waals surface area contributed by atoms with Gasteiger partial charge in [-0.15, -0.1) is 22.7 Å². The number of carbonyl (C=O) groups is 3. The molecule has 2 N–H and O–H groups in total. The van der Waals surface area contributed by atoms with E-state index in [9.17, 15) is 50.9 Å². The Hall–Kier alpha value is -5.47. The van der Waals surface area contributed by atoms with E-state index in [1.165, 1.54) is 53.0 Å². The topological polar surface area (TPSA) is 101 Å². The molecule has 6 aromatic rings. The molecule has 14 heteroatoms. The Morgan fingerprint density at radius 3 is 1.62 bits per heavy atom. The van der Waals surface area contributed by atoms with Gasteiger partial charge in [-0.25, -0.2) is 4.79 Å². The van der Waals surface area contributed by atoms with Gasteiger partial charge in [-0.3, -0.25) is 9.59 Å². The van der Waals surface area contributed by atoms with E-state index in [1.54, 1.807) is 32.0 Å². The first-order valence-corrected chi connectivity index (χ1v) is 22.4. The Kier molecular flexibility index (Phi) is 14.2. The summed E-state index contributed by atoms with van der Waals surface area (Å²) in [7, 11) is 0. The number of thiophene rings is 2. The number of alkyl halides is 6. The minimum Gasteiger partial charge on any atom is -0.481 e. The number of allylic oxidation sites excluding steroid dienone is 1. The van der Waals surface area contributed by atoms with Crippen molar-refractivity contribution in [2.75, 3.05) is 0 Å². The quantitative estimate of drug-likeness (QED) is 0.0698. The molecule has 0 radical (unpaired) electrons. The predicted octanol–water partition coefficient (Wildman–Crippen LogP) is 14.6. The third-order valence-electron chi connectivity index (χ3n) is 11.5. The van der Waals surface area contributed by atoms with Crippen LogP contribution in [0, 0.1) is 13.8 Å². The van der Waals surface area contributed by atoms with E-state index in [4.69, 9.17) is 4.74 Å². The standard InChI is InChI=1S/C50H48F6O6S2/c1-25(2)45-35-14-11-32(49(51,52)53)22-42(35)63-40(45)18-8-27(5)30-9-13-34(28(6)20-30)37(24-44(58)59)47(48(60)61)62-39-17-10-31(21-29(39)7)38(57)16-19-41-46(26(3)4)36-15-12-33(50(54,55)56)23-43(36)64-41/h9-15,17,20-23,25-26,37,47H,5,8,16,18-19,24H2,1-4,6-7H3,(H,58,59)(H,60,61). The zero-order valence-electron chi connectivity index (χ0n) is 36.1. The van der Waals surface area contributed by atoms with Gasteiger partial charge in [0.1, 0.15) is 5.75 Å². The fourth-order valence-corrected chi connectivity index (χ4v) is 11.2. The molecule has 2 aromatic heterocycles. The molecule has 0 spiro atoms. The molecule has 0 bridgehead atoms. The number of aliphatic carboxylic acids is 2. The molecule has 0 saturated carbocycles. The maximum atomic E-state index is 13.5. The van der Waals surface area contributed by atoms with Crippen LogP contribution in [0.2, 0.25) is 0 Å². The van der Waals surface area contributed by atoms with Gasteiger partial charge < -0.3 is 14.9 Å². The Bertz CT molecular complexity index is 2760. The van der Waals surface area contributed by atoms with Gasteiger partial charge in [-0.1, -0.05) is 64.6 Å². The van der Waals surface area contributed by atoms with Gasteiger partial charge in [0.15, 0.2) is 5.78 Å². The predicted molar refractivity (Wildman–Crippen MR) is 241 cm³/mol. The van der Waals surface area contributed by atoms with E-state index in [-0.39, 0.29) is 29.8 Å². The van der Waals surface area contributed by atoms with Crippen molar-refractivity contribution in [3.8, 4) is 5.75 Å². The first-order chi connectivity index (χ1) is 29.9. The number of aryl methyl sites for hydroxylation is 4. The minimum atomic E-state index is -4.48. The van der Waals surface area contributed by atoms with Crippen LogP contribution in [0.15, 0.2) is 79.4 Å². The molecule has 338 valence electrons. The Balaban J connectivity index is 1.17. The van der Waals surface area contributed by atoms with E-state index in [0.717, 1.165) is 61.0 Å². The molecule has 0 aliphatic heterocycles. The first-order valence-electron chi connectivity index (χ1n) is 20.7. The van der Waals surface area contributed by atoms with Gasteiger partial charge in [-0.05, 0) is 137 Å². The highest BCUT2D eigenvalue weighted by atomic mass is 32.1. The number of hydrogen-bond acceptors (Lipinski definition) is 6. The number of ether oxygens (including phenoxy) is 1. The fourth-order valence-electron chi connectivity index (χ4n) is 8.38. The van der Waals surface area contributed by atoms with E-state index < -0.39 is 53.9 Å². The highest BCUT2D eigenvalue weighted by Gasteiger charge is 2.36. The van der Waals surface area contributed by atoms with Crippen molar-refractivity contribution in [2.24, 2.45) is 0 Å². The average molecular weight is 923 g/mol. The van der Waals surface area contributed by atoms with E-state index in [2.05, 4.69) is 6.58 Å². The summed E-state index contributed by atoms with van der Waals surface area (Å²) < 4.78 is 87.8. The normalized spacial score (nSPS) is 13.2. The van der Waals surface area contributed by atoms with Crippen LogP contribution in [0.1, 0.15) is 129 Å². The number of hydrogen-bond donors (Lipinski definition) is 2. The van der Waals surface area contributed by atoms with Crippen LogP contribution in [0.3, 0.4) is 0 Å². The van der Waals surface area contributed by atoms with Crippen LogP contribution in [-0.2, 0) is 34.8 Å². The molecule has 0 aliphatic carbocycles. The number of fused-ring (bicyclic) bond motifs is 2. The van der Waals surface area contributed by atoms with Crippen molar-refractivity contribution in [1.82, 2.24) is 0 Å². The fraction of sp³-hybridized carbons (Fsp3) is 0.340. The van der Waals surface area contributed by atoms with E-state index >= 15 is 0 Å². The molecule has 0 fully saturated rings. The highest BCUT2D eigenvalue weighted by Crippen LogP contribution is 2.43. The molecule has 0 saturated heterocycles. The Morgan fingerprint density at radius 2 is 1.17 bits per heavy atom. The van der Waals surface area contributed by atoms with Crippen LogP contribution < -0.4 is 4.74 Å². The lowest BCUT2D eigenvalue weighted by molar-refractivity contribution is -0.147. The maximum Gasteiger partial charge on any atom is 0.416 e. The molecule has 0 amide bonds.